The van der Waals surface area contributed by atoms with Crippen LogP contribution in [0.4, 0.5) is 0 Å². The predicted molar refractivity (Wildman–Crippen MR) is 113 cm³/mol. The molecule has 4 rings (SSSR count). The molecule has 0 radical (unpaired) electrons. The van der Waals surface area contributed by atoms with Crippen LogP contribution in [0.3, 0.4) is 0 Å². The first-order valence-corrected chi connectivity index (χ1v) is 9.32. The molecule has 29 heavy (non-hydrogen) atoms. The molecule has 0 bridgehead atoms. The number of hydrogen-bond donors (Lipinski definition) is 3. The number of H-pyrrole nitrogens is 1. The van der Waals surface area contributed by atoms with Gasteiger partial charge in [-0.3, -0.25) is 0 Å². The SMILES string of the molecule is Cc1cc(C(=O)O)c2nc(-c3ccc(-c4ccc(OCCN)cc4)cc3)[nH]c2c1. The fourth-order valence-corrected chi connectivity index (χ4v) is 3.30. The second-order valence-electron chi connectivity index (χ2n) is 6.84. The van der Waals surface area contributed by atoms with E-state index in [4.69, 9.17) is 10.5 Å². The van der Waals surface area contributed by atoms with E-state index in [-0.39, 0.29) is 5.56 Å². The third-order valence-corrected chi connectivity index (χ3v) is 4.69. The summed E-state index contributed by atoms with van der Waals surface area (Å²) in [6, 6.07) is 19.4. The first kappa shape index (κ1) is 18.7. The molecule has 0 aliphatic rings. The number of imidazole rings is 1. The third kappa shape index (κ3) is 3.83. The Balaban J connectivity index is 1.62. The number of aromatic nitrogens is 2. The van der Waals surface area contributed by atoms with Crippen molar-refractivity contribution < 1.29 is 14.6 Å². The minimum absolute atomic E-state index is 0.205. The van der Waals surface area contributed by atoms with E-state index in [0.717, 1.165) is 33.5 Å². The molecule has 6 nitrogen and oxygen atoms in total. The summed E-state index contributed by atoms with van der Waals surface area (Å²) in [5, 5.41) is 9.45. The number of aryl methyl sites for hydroxylation is 1. The summed E-state index contributed by atoms with van der Waals surface area (Å²) in [6.07, 6.45) is 0. The first-order chi connectivity index (χ1) is 14.0. The number of rotatable bonds is 6. The monoisotopic (exact) mass is 387 g/mol. The van der Waals surface area contributed by atoms with Gasteiger partial charge in [0.15, 0.2) is 0 Å². The highest BCUT2D eigenvalue weighted by atomic mass is 16.5. The van der Waals surface area contributed by atoms with Crippen molar-refractivity contribution in [1.29, 1.82) is 0 Å². The fraction of sp³-hybridized carbons (Fsp3) is 0.130. The minimum Gasteiger partial charge on any atom is -0.492 e. The Labute approximate surface area is 168 Å². The van der Waals surface area contributed by atoms with Crippen LogP contribution in [0.25, 0.3) is 33.5 Å². The molecule has 0 aliphatic heterocycles. The summed E-state index contributed by atoms with van der Waals surface area (Å²) in [5.74, 6) is 0.457. The van der Waals surface area contributed by atoms with E-state index in [1.807, 2.05) is 61.5 Å². The molecule has 1 heterocycles. The highest BCUT2D eigenvalue weighted by Gasteiger charge is 2.14. The van der Waals surface area contributed by atoms with E-state index in [2.05, 4.69) is 9.97 Å². The fourth-order valence-electron chi connectivity index (χ4n) is 3.30. The Bertz CT molecular complexity index is 1160. The van der Waals surface area contributed by atoms with Crippen LogP contribution in [-0.2, 0) is 0 Å². The Kier molecular flexibility index (Phi) is 5.01. The van der Waals surface area contributed by atoms with E-state index in [1.165, 1.54) is 0 Å². The van der Waals surface area contributed by atoms with Crippen molar-refractivity contribution in [3.63, 3.8) is 0 Å². The van der Waals surface area contributed by atoms with Crippen LogP contribution in [0, 0.1) is 6.92 Å². The summed E-state index contributed by atoms with van der Waals surface area (Å²) < 4.78 is 5.51. The second kappa shape index (κ2) is 7.77. The zero-order chi connectivity index (χ0) is 20.4. The van der Waals surface area contributed by atoms with Gasteiger partial charge in [-0.1, -0.05) is 36.4 Å². The van der Waals surface area contributed by atoms with Gasteiger partial charge in [0.05, 0.1) is 11.1 Å². The molecule has 1 aromatic heterocycles. The molecule has 0 atom stereocenters. The van der Waals surface area contributed by atoms with E-state index in [9.17, 15) is 9.90 Å². The lowest BCUT2D eigenvalue weighted by Gasteiger charge is -2.07. The number of aromatic carboxylic acids is 1. The van der Waals surface area contributed by atoms with Gasteiger partial charge in [-0.05, 0) is 47.9 Å². The number of aromatic amines is 1. The molecule has 6 heteroatoms. The maximum Gasteiger partial charge on any atom is 0.337 e. The zero-order valence-corrected chi connectivity index (χ0v) is 16.0. The maximum atomic E-state index is 11.5. The Morgan fingerprint density at radius 3 is 2.28 bits per heavy atom. The van der Waals surface area contributed by atoms with Crippen molar-refractivity contribution in [2.75, 3.05) is 13.2 Å². The van der Waals surface area contributed by atoms with Gasteiger partial charge in [0, 0.05) is 12.1 Å². The number of carboxylic acid groups (broad SMARTS) is 1. The zero-order valence-electron chi connectivity index (χ0n) is 16.0. The lowest BCUT2D eigenvalue weighted by atomic mass is 10.0. The Morgan fingerprint density at radius 2 is 1.66 bits per heavy atom. The third-order valence-electron chi connectivity index (χ3n) is 4.69. The van der Waals surface area contributed by atoms with Gasteiger partial charge in [0.2, 0.25) is 0 Å². The summed E-state index contributed by atoms with van der Waals surface area (Å²) in [5.41, 5.74) is 10.7. The van der Waals surface area contributed by atoms with Gasteiger partial charge >= 0.3 is 5.97 Å². The van der Waals surface area contributed by atoms with Crippen LogP contribution >= 0.6 is 0 Å². The van der Waals surface area contributed by atoms with E-state index in [0.29, 0.717) is 24.5 Å². The number of hydrogen-bond acceptors (Lipinski definition) is 4. The molecule has 4 N–H and O–H groups in total. The quantitative estimate of drug-likeness (QED) is 0.459. The molecule has 3 aromatic carbocycles. The number of carbonyl (C=O) groups is 1. The van der Waals surface area contributed by atoms with Gasteiger partial charge in [-0.15, -0.1) is 0 Å². The number of fused-ring (bicyclic) bond motifs is 1. The molecule has 0 saturated heterocycles. The highest BCUT2D eigenvalue weighted by Crippen LogP contribution is 2.28. The molecule has 0 unspecified atom stereocenters. The molecule has 0 spiro atoms. The second-order valence-corrected chi connectivity index (χ2v) is 6.84. The number of nitrogens with two attached hydrogens (primary N) is 1. The predicted octanol–water partition coefficient (Wildman–Crippen LogP) is 4.24. The number of nitrogens with zero attached hydrogens (tertiary/aromatic N) is 1. The van der Waals surface area contributed by atoms with Gasteiger partial charge in [-0.25, -0.2) is 9.78 Å². The first-order valence-electron chi connectivity index (χ1n) is 9.32. The summed E-state index contributed by atoms with van der Waals surface area (Å²) >= 11 is 0. The summed E-state index contributed by atoms with van der Waals surface area (Å²) in [6.45, 7) is 2.85. The van der Waals surface area contributed by atoms with Crippen molar-refractivity contribution >= 4 is 17.0 Å². The summed E-state index contributed by atoms with van der Waals surface area (Å²) in [7, 11) is 0. The van der Waals surface area contributed by atoms with Gasteiger partial charge in [0.25, 0.3) is 0 Å². The number of benzene rings is 3. The van der Waals surface area contributed by atoms with Crippen molar-refractivity contribution in [3.8, 4) is 28.3 Å². The number of ether oxygens (including phenoxy) is 1. The van der Waals surface area contributed by atoms with Crippen LogP contribution in [0.2, 0.25) is 0 Å². The van der Waals surface area contributed by atoms with E-state index >= 15 is 0 Å². The van der Waals surface area contributed by atoms with Crippen LogP contribution in [0.15, 0.2) is 60.7 Å². The van der Waals surface area contributed by atoms with Crippen molar-refractivity contribution in [1.82, 2.24) is 9.97 Å². The lowest BCUT2D eigenvalue weighted by molar-refractivity contribution is 0.0698. The molecule has 0 fully saturated rings. The average molecular weight is 387 g/mol. The van der Waals surface area contributed by atoms with Crippen molar-refractivity contribution in [3.05, 3.63) is 71.8 Å². The molecular formula is C23H21N3O3. The van der Waals surface area contributed by atoms with Crippen molar-refractivity contribution in [2.45, 2.75) is 6.92 Å². The lowest BCUT2D eigenvalue weighted by Crippen LogP contribution is -2.10. The normalized spacial score (nSPS) is 11.0. The smallest absolute Gasteiger partial charge is 0.337 e. The molecular weight excluding hydrogens is 366 g/mol. The number of carboxylic acids is 1. The Hall–Kier alpha value is -3.64. The topological polar surface area (TPSA) is 101 Å². The highest BCUT2D eigenvalue weighted by molar-refractivity contribution is 6.02. The minimum atomic E-state index is -0.981. The summed E-state index contributed by atoms with van der Waals surface area (Å²) in [4.78, 5) is 19.3. The van der Waals surface area contributed by atoms with Crippen molar-refractivity contribution in [2.24, 2.45) is 5.73 Å². The van der Waals surface area contributed by atoms with E-state index in [1.54, 1.807) is 6.07 Å². The van der Waals surface area contributed by atoms with Gasteiger partial charge < -0.3 is 20.6 Å². The molecule has 0 aliphatic carbocycles. The van der Waals surface area contributed by atoms with E-state index < -0.39 is 5.97 Å². The van der Waals surface area contributed by atoms with Crippen LogP contribution < -0.4 is 10.5 Å². The van der Waals surface area contributed by atoms with Gasteiger partial charge in [0.1, 0.15) is 23.7 Å². The van der Waals surface area contributed by atoms with Crippen LogP contribution in [0.5, 0.6) is 5.75 Å². The molecule has 0 amide bonds. The maximum absolute atomic E-state index is 11.5. The number of nitrogens with one attached hydrogen (secondary N) is 1. The average Bonchev–Trinajstić information content (AvgIpc) is 3.16. The standard InChI is InChI=1S/C23H21N3O3/c1-14-12-19(23(27)28)21-20(13-14)25-22(26-21)17-4-2-15(3-5-17)16-6-8-18(9-7-16)29-11-10-24/h2-9,12-13H,10-11,24H2,1H3,(H,25,26)(H,27,28). The van der Waals surface area contributed by atoms with Gasteiger partial charge in [-0.2, -0.15) is 0 Å². The molecule has 4 aromatic rings. The van der Waals surface area contributed by atoms with Crippen LogP contribution in [-0.4, -0.2) is 34.2 Å². The van der Waals surface area contributed by atoms with Crippen LogP contribution in [0.1, 0.15) is 15.9 Å². The molecule has 0 saturated carbocycles. The Morgan fingerprint density at radius 1 is 1.03 bits per heavy atom. The largest absolute Gasteiger partial charge is 0.492 e. The molecule has 146 valence electrons.